The number of nitrogens with zero attached hydrogens (tertiary/aromatic N) is 2. The topological polar surface area (TPSA) is 70.7 Å². The van der Waals surface area contributed by atoms with Crippen LogP contribution in [0, 0.1) is 18.7 Å². The van der Waals surface area contributed by atoms with Gasteiger partial charge in [-0.3, -0.25) is 9.89 Å². The van der Waals surface area contributed by atoms with Crippen LogP contribution < -0.4 is 5.32 Å². The molecule has 0 aliphatic heterocycles. The van der Waals surface area contributed by atoms with Gasteiger partial charge in [-0.15, -0.1) is 0 Å². The Bertz CT molecular complexity index is 702. The van der Waals surface area contributed by atoms with Crippen molar-refractivity contribution in [3.8, 4) is 0 Å². The van der Waals surface area contributed by atoms with Crippen molar-refractivity contribution in [2.24, 2.45) is 5.92 Å². The zero-order valence-electron chi connectivity index (χ0n) is 13.4. The molecular weight excluding hydrogens is 321 g/mol. The number of hydrogen-bond donors (Lipinski definition) is 2. The molecule has 8 heteroatoms. The first-order chi connectivity index (χ1) is 11.3. The number of carbonyl (C=O) groups excluding carboxylic acids is 1. The molecule has 2 rings (SSSR count). The van der Waals surface area contributed by atoms with E-state index in [1.165, 1.54) is 13.0 Å². The lowest BCUT2D eigenvalue weighted by atomic mass is 10.00. The lowest BCUT2D eigenvalue weighted by Gasteiger charge is -2.16. The van der Waals surface area contributed by atoms with E-state index in [9.17, 15) is 18.0 Å². The van der Waals surface area contributed by atoms with Gasteiger partial charge in [0, 0.05) is 5.92 Å². The van der Waals surface area contributed by atoms with Gasteiger partial charge in [-0.25, -0.2) is 9.37 Å². The first-order valence-corrected chi connectivity index (χ1v) is 7.58. The highest BCUT2D eigenvalue weighted by Gasteiger charge is 2.37. The Morgan fingerprint density at radius 1 is 1.38 bits per heavy atom. The minimum absolute atomic E-state index is 0.272. The highest BCUT2D eigenvalue weighted by Crippen LogP contribution is 2.23. The van der Waals surface area contributed by atoms with E-state index in [4.69, 9.17) is 0 Å². The van der Waals surface area contributed by atoms with Crippen molar-refractivity contribution >= 4 is 5.91 Å². The van der Waals surface area contributed by atoms with Crippen LogP contribution in [0.3, 0.4) is 0 Å². The summed E-state index contributed by atoms with van der Waals surface area (Å²) in [4.78, 5) is 15.5. The number of alkyl halides is 2. The third kappa shape index (κ3) is 4.56. The Balaban J connectivity index is 1.84. The van der Waals surface area contributed by atoms with Crippen molar-refractivity contribution in [3.05, 3.63) is 47.3 Å². The molecule has 1 aromatic heterocycles. The summed E-state index contributed by atoms with van der Waals surface area (Å²) in [7, 11) is 0. The predicted octanol–water partition coefficient (Wildman–Crippen LogP) is 2.73. The number of halogens is 3. The Morgan fingerprint density at radius 3 is 2.71 bits per heavy atom. The van der Waals surface area contributed by atoms with Crippen LogP contribution in [0.5, 0.6) is 0 Å². The molecule has 1 aromatic carbocycles. The van der Waals surface area contributed by atoms with Gasteiger partial charge in [0.05, 0.1) is 6.54 Å². The number of H-pyrrole nitrogens is 1. The highest BCUT2D eigenvalue weighted by molar-refractivity contribution is 5.78. The Morgan fingerprint density at radius 2 is 2.08 bits per heavy atom. The molecule has 0 radical (unpaired) electrons. The van der Waals surface area contributed by atoms with Crippen molar-refractivity contribution in [3.63, 3.8) is 0 Å². The Labute approximate surface area is 137 Å². The molecule has 24 heavy (non-hydrogen) atoms. The van der Waals surface area contributed by atoms with Gasteiger partial charge >= 0.3 is 5.92 Å². The number of nitrogens with one attached hydrogen (secondary N) is 2. The summed E-state index contributed by atoms with van der Waals surface area (Å²) in [5.74, 6) is -5.11. The summed E-state index contributed by atoms with van der Waals surface area (Å²) >= 11 is 0. The molecule has 0 saturated heterocycles. The lowest BCUT2D eigenvalue weighted by molar-refractivity contribution is -0.127. The van der Waals surface area contributed by atoms with Crippen LogP contribution >= 0.6 is 0 Å². The van der Waals surface area contributed by atoms with Gasteiger partial charge in [0.25, 0.3) is 0 Å². The molecule has 0 fully saturated rings. The molecule has 5 nitrogen and oxygen atoms in total. The van der Waals surface area contributed by atoms with Gasteiger partial charge in [0.1, 0.15) is 11.6 Å². The van der Waals surface area contributed by atoms with Gasteiger partial charge in [0.2, 0.25) is 11.7 Å². The molecule has 0 bridgehead atoms. The van der Waals surface area contributed by atoms with Crippen LogP contribution in [0.4, 0.5) is 13.2 Å². The smallest absolute Gasteiger partial charge is 0.325 e. The molecule has 1 atom stereocenters. The first-order valence-electron chi connectivity index (χ1n) is 7.58. The van der Waals surface area contributed by atoms with Crippen LogP contribution in [-0.4, -0.2) is 27.6 Å². The van der Waals surface area contributed by atoms with E-state index < -0.39 is 30.1 Å². The second-order valence-corrected chi connectivity index (χ2v) is 5.70. The molecule has 0 spiro atoms. The van der Waals surface area contributed by atoms with E-state index in [1.54, 1.807) is 25.1 Å². The van der Waals surface area contributed by atoms with E-state index in [-0.39, 0.29) is 11.6 Å². The summed E-state index contributed by atoms with van der Waals surface area (Å²) in [5.41, 5.74) is 0.499. The fraction of sp³-hybridized carbons (Fsp3) is 0.438. The third-order valence-electron chi connectivity index (χ3n) is 3.66. The number of aromatic amines is 1. The average molecular weight is 340 g/mol. The summed E-state index contributed by atoms with van der Waals surface area (Å²) in [6.45, 7) is 2.24. The van der Waals surface area contributed by atoms with Crippen LogP contribution in [0.1, 0.15) is 30.6 Å². The van der Waals surface area contributed by atoms with Gasteiger partial charge in [-0.05, 0) is 31.4 Å². The quantitative estimate of drug-likeness (QED) is 0.814. The molecule has 1 amide bonds. The molecule has 2 aromatic rings. The summed E-state index contributed by atoms with van der Waals surface area (Å²) in [6, 6.07) is 6.28. The maximum absolute atomic E-state index is 13.9. The molecule has 1 heterocycles. The predicted molar refractivity (Wildman–Crippen MR) is 81.9 cm³/mol. The molecular formula is C16H19F3N4O. The second kappa shape index (κ2) is 7.46. The summed E-state index contributed by atoms with van der Waals surface area (Å²) in [6.07, 6.45) is 0.718. The Hall–Kier alpha value is -2.38. The van der Waals surface area contributed by atoms with Crippen molar-refractivity contribution in [1.29, 1.82) is 0 Å². The number of aromatic nitrogens is 3. The fourth-order valence-corrected chi connectivity index (χ4v) is 2.16. The molecule has 130 valence electrons. The van der Waals surface area contributed by atoms with Crippen LogP contribution in [0.25, 0.3) is 0 Å². The zero-order valence-corrected chi connectivity index (χ0v) is 13.4. The number of benzene rings is 1. The van der Waals surface area contributed by atoms with Gasteiger partial charge in [-0.2, -0.15) is 13.9 Å². The summed E-state index contributed by atoms with van der Waals surface area (Å²) < 4.78 is 41.3. The van der Waals surface area contributed by atoms with E-state index in [2.05, 4.69) is 20.5 Å². The standard InChI is InChI=1S/C16H19F3N4O/c1-10(7-8-12-5-3-4-6-13(12)17)14(24)20-9-16(18,19)15-21-11(2)22-23-15/h3-6,10H,7-9H2,1-2H3,(H,20,24)(H,21,22,23). The minimum atomic E-state index is -3.36. The molecule has 0 aliphatic rings. The highest BCUT2D eigenvalue weighted by atomic mass is 19.3. The molecule has 2 N–H and O–H groups in total. The maximum Gasteiger partial charge on any atom is 0.325 e. The van der Waals surface area contributed by atoms with Crippen LogP contribution in [-0.2, 0) is 17.1 Å². The fourth-order valence-electron chi connectivity index (χ4n) is 2.16. The third-order valence-corrected chi connectivity index (χ3v) is 3.66. The van der Waals surface area contributed by atoms with Crippen molar-refractivity contribution in [2.75, 3.05) is 6.54 Å². The molecule has 0 aliphatic carbocycles. The Kier molecular flexibility index (Phi) is 5.58. The largest absolute Gasteiger partial charge is 0.349 e. The van der Waals surface area contributed by atoms with Gasteiger partial charge in [-0.1, -0.05) is 25.1 Å². The number of rotatable bonds is 7. The second-order valence-electron chi connectivity index (χ2n) is 5.70. The number of aryl methyl sites for hydroxylation is 2. The van der Waals surface area contributed by atoms with Crippen molar-refractivity contribution < 1.29 is 18.0 Å². The minimum Gasteiger partial charge on any atom is -0.349 e. The lowest BCUT2D eigenvalue weighted by Crippen LogP contribution is -2.38. The monoisotopic (exact) mass is 340 g/mol. The summed E-state index contributed by atoms with van der Waals surface area (Å²) in [5, 5.41) is 7.96. The van der Waals surface area contributed by atoms with E-state index in [0.29, 0.717) is 18.4 Å². The van der Waals surface area contributed by atoms with E-state index in [0.717, 1.165) is 0 Å². The maximum atomic E-state index is 13.9. The average Bonchev–Trinajstić information content (AvgIpc) is 2.99. The van der Waals surface area contributed by atoms with Crippen LogP contribution in [0.2, 0.25) is 0 Å². The van der Waals surface area contributed by atoms with Crippen molar-refractivity contribution in [2.45, 2.75) is 32.6 Å². The SMILES string of the molecule is Cc1nc(C(F)(F)CNC(=O)C(C)CCc2ccccc2F)n[nH]1. The normalized spacial score (nSPS) is 12.9. The van der Waals surface area contributed by atoms with E-state index in [1.807, 2.05) is 0 Å². The first kappa shape index (κ1) is 18.0. The van der Waals surface area contributed by atoms with E-state index >= 15 is 0 Å². The van der Waals surface area contributed by atoms with Crippen LogP contribution in [0.15, 0.2) is 24.3 Å². The van der Waals surface area contributed by atoms with Gasteiger partial charge < -0.3 is 5.32 Å². The zero-order chi connectivity index (χ0) is 17.7. The van der Waals surface area contributed by atoms with Gasteiger partial charge in [0.15, 0.2) is 0 Å². The number of hydrogen-bond acceptors (Lipinski definition) is 3. The molecule has 1 unspecified atom stereocenters. The van der Waals surface area contributed by atoms with Crippen molar-refractivity contribution in [1.82, 2.24) is 20.5 Å². The molecule has 0 saturated carbocycles. The number of carbonyl (C=O) groups is 1. The number of amides is 1.